The number of carbonyl (C=O) groups excluding carboxylic acids is 1. The lowest BCUT2D eigenvalue weighted by Gasteiger charge is -2.16. The molecule has 2 heterocycles. The van der Waals surface area contributed by atoms with Gasteiger partial charge < -0.3 is 24.8 Å². The van der Waals surface area contributed by atoms with Crippen molar-refractivity contribution in [2.24, 2.45) is 0 Å². The van der Waals surface area contributed by atoms with Gasteiger partial charge in [0.05, 0.1) is 35.7 Å². The van der Waals surface area contributed by atoms with Crippen LogP contribution in [0.1, 0.15) is 19.5 Å². The Morgan fingerprint density at radius 1 is 1.14 bits per heavy atom. The third-order valence-corrected chi connectivity index (χ3v) is 5.05. The normalized spacial score (nSPS) is 11.1. The maximum atomic E-state index is 13.8. The molecule has 0 bridgehead atoms. The SMILES string of the molecule is COCCOc1cc(OC(C)C)c2c(Nc3cc(CC(=O)Nc4cccc(F)c4F)[nH]n3)ncnc2c1. The van der Waals surface area contributed by atoms with Crippen molar-refractivity contribution in [3.63, 3.8) is 0 Å². The van der Waals surface area contributed by atoms with Crippen LogP contribution in [0, 0.1) is 11.6 Å². The van der Waals surface area contributed by atoms with Crippen molar-refractivity contribution in [1.29, 1.82) is 0 Å². The average molecular weight is 513 g/mol. The molecule has 0 saturated heterocycles. The molecule has 0 aliphatic rings. The number of hydrogen-bond donors (Lipinski definition) is 3. The number of aromatic amines is 1. The molecule has 12 heteroatoms. The van der Waals surface area contributed by atoms with E-state index in [0.717, 1.165) is 6.07 Å². The average Bonchev–Trinajstić information content (AvgIpc) is 3.28. The van der Waals surface area contributed by atoms with E-state index in [2.05, 4.69) is 30.8 Å². The van der Waals surface area contributed by atoms with E-state index in [1.54, 1.807) is 25.3 Å². The largest absolute Gasteiger partial charge is 0.491 e. The number of anilines is 3. The summed E-state index contributed by atoms with van der Waals surface area (Å²) in [6, 6.07) is 8.71. The number of nitrogens with zero attached hydrogens (tertiary/aromatic N) is 3. The Balaban J connectivity index is 1.53. The van der Waals surface area contributed by atoms with Crippen molar-refractivity contribution in [2.75, 3.05) is 31.0 Å². The zero-order valence-corrected chi connectivity index (χ0v) is 20.5. The van der Waals surface area contributed by atoms with Gasteiger partial charge in [-0.15, -0.1) is 0 Å². The summed E-state index contributed by atoms with van der Waals surface area (Å²) in [6.07, 6.45) is 1.14. The Morgan fingerprint density at radius 3 is 2.76 bits per heavy atom. The number of halogens is 2. The fourth-order valence-corrected chi connectivity index (χ4v) is 3.50. The fourth-order valence-electron chi connectivity index (χ4n) is 3.50. The molecular weight excluding hydrogens is 486 g/mol. The Labute approximate surface area is 211 Å². The van der Waals surface area contributed by atoms with Crippen molar-refractivity contribution in [3.05, 3.63) is 60.1 Å². The molecule has 4 aromatic rings. The minimum absolute atomic E-state index is 0.121. The van der Waals surface area contributed by atoms with Crippen molar-refractivity contribution >= 4 is 34.1 Å². The first-order chi connectivity index (χ1) is 17.8. The van der Waals surface area contributed by atoms with Crippen LogP contribution >= 0.6 is 0 Å². The number of benzene rings is 2. The van der Waals surface area contributed by atoms with Gasteiger partial charge in [0, 0.05) is 31.0 Å². The van der Waals surface area contributed by atoms with Crippen LogP contribution in [0.15, 0.2) is 42.7 Å². The first kappa shape index (κ1) is 25.8. The molecule has 0 aliphatic carbocycles. The number of ether oxygens (including phenoxy) is 3. The Bertz CT molecular complexity index is 1400. The zero-order chi connectivity index (χ0) is 26.4. The molecule has 1 amide bonds. The highest BCUT2D eigenvalue weighted by Crippen LogP contribution is 2.36. The van der Waals surface area contributed by atoms with Gasteiger partial charge in [-0.25, -0.2) is 18.7 Å². The van der Waals surface area contributed by atoms with E-state index in [1.165, 1.54) is 18.5 Å². The van der Waals surface area contributed by atoms with E-state index in [9.17, 15) is 13.6 Å². The maximum Gasteiger partial charge on any atom is 0.230 e. The van der Waals surface area contributed by atoms with E-state index in [0.29, 0.717) is 52.9 Å². The lowest BCUT2D eigenvalue weighted by molar-refractivity contribution is -0.115. The van der Waals surface area contributed by atoms with Crippen LogP contribution < -0.4 is 20.1 Å². The molecule has 10 nitrogen and oxygen atoms in total. The molecule has 0 fully saturated rings. The highest BCUT2D eigenvalue weighted by Gasteiger charge is 2.17. The van der Waals surface area contributed by atoms with Gasteiger partial charge in [0.15, 0.2) is 17.5 Å². The van der Waals surface area contributed by atoms with Gasteiger partial charge in [-0.05, 0) is 26.0 Å². The van der Waals surface area contributed by atoms with Crippen LogP contribution in [-0.4, -0.2) is 52.5 Å². The van der Waals surface area contributed by atoms with Gasteiger partial charge in [-0.3, -0.25) is 9.89 Å². The molecule has 0 radical (unpaired) electrons. The zero-order valence-electron chi connectivity index (χ0n) is 20.5. The Kier molecular flexibility index (Phi) is 8.08. The molecular formula is C25H26F2N6O4. The summed E-state index contributed by atoms with van der Waals surface area (Å²) in [7, 11) is 1.60. The van der Waals surface area contributed by atoms with Gasteiger partial charge in [-0.1, -0.05) is 6.07 Å². The fraction of sp³-hybridized carbons (Fsp3) is 0.280. The number of nitrogens with one attached hydrogen (secondary N) is 3. The number of hydrogen-bond acceptors (Lipinski definition) is 8. The number of carbonyl (C=O) groups is 1. The molecule has 0 aliphatic heterocycles. The van der Waals surface area contributed by atoms with E-state index in [1.807, 2.05) is 13.8 Å². The number of aromatic nitrogens is 4. The molecule has 0 spiro atoms. The summed E-state index contributed by atoms with van der Waals surface area (Å²) in [5, 5.41) is 13.0. The summed E-state index contributed by atoms with van der Waals surface area (Å²) in [5.41, 5.74) is 0.802. The van der Waals surface area contributed by atoms with Crippen molar-refractivity contribution in [2.45, 2.75) is 26.4 Å². The van der Waals surface area contributed by atoms with Crippen LogP contribution in [0.2, 0.25) is 0 Å². The molecule has 37 heavy (non-hydrogen) atoms. The highest BCUT2D eigenvalue weighted by molar-refractivity contribution is 5.97. The lowest BCUT2D eigenvalue weighted by atomic mass is 10.2. The number of rotatable bonds is 11. The predicted molar refractivity (Wildman–Crippen MR) is 133 cm³/mol. The third-order valence-electron chi connectivity index (χ3n) is 5.05. The second-order valence-electron chi connectivity index (χ2n) is 8.28. The van der Waals surface area contributed by atoms with Crippen LogP contribution in [-0.2, 0) is 16.0 Å². The van der Waals surface area contributed by atoms with E-state index in [4.69, 9.17) is 14.2 Å². The standard InChI is InChI=1S/C25H26F2N6O4/c1-14(2)37-20-12-16(36-8-7-35-3)11-19-23(20)25(29-13-28-19)31-21-9-15(32-33-21)10-22(34)30-18-6-4-5-17(26)24(18)27/h4-6,9,11-14H,7-8,10H2,1-3H3,(H,30,34)(H2,28,29,31,32,33). The van der Waals surface area contributed by atoms with Gasteiger partial charge in [0.2, 0.25) is 5.91 Å². The highest BCUT2D eigenvalue weighted by atomic mass is 19.2. The molecule has 3 N–H and O–H groups in total. The molecule has 0 saturated carbocycles. The first-order valence-corrected chi connectivity index (χ1v) is 11.5. The van der Waals surface area contributed by atoms with Crippen molar-refractivity contribution in [3.8, 4) is 11.5 Å². The van der Waals surface area contributed by atoms with Crippen LogP contribution in [0.4, 0.5) is 26.1 Å². The summed E-state index contributed by atoms with van der Waals surface area (Å²) in [6.45, 7) is 4.62. The number of H-pyrrole nitrogens is 1. The number of amides is 1. The molecule has 0 atom stereocenters. The molecule has 4 rings (SSSR count). The van der Waals surface area contributed by atoms with Crippen molar-refractivity contribution in [1.82, 2.24) is 20.2 Å². The Hall–Kier alpha value is -4.32. The molecule has 194 valence electrons. The second kappa shape index (κ2) is 11.6. The van der Waals surface area contributed by atoms with Gasteiger partial charge >= 0.3 is 0 Å². The smallest absolute Gasteiger partial charge is 0.230 e. The van der Waals surface area contributed by atoms with Gasteiger partial charge in [0.1, 0.15) is 30.3 Å². The Morgan fingerprint density at radius 2 is 1.97 bits per heavy atom. The van der Waals surface area contributed by atoms with Crippen LogP contribution in [0.3, 0.4) is 0 Å². The van der Waals surface area contributed by atoms with Crippen LogP contribution in [0.5, 0.6) is 11.5 Å². The van der Waals surface area contributed by atoms with Crippen molar-refractivity contribution < 1.29 is 27.8 Å². The molecule has 2 aromatic carbocycles. The topological polar surface area (TPSA) is 123 Å². The second-order valence-corrected chi connectivity index (χ2v) is 8.28. The number of fused-ring (bicyclic) bond motifs is 1. The van der Waals surface area contributed by atoms with Gasteiger partial charge in [0.25, 0.3) is 0 Å². The lowest BCUT2D eigenvalue weighted by Crippen LogP contribution is -2.16. The molecule has 2 aromatic heterocycles. The van der Waals surface area contributed by atoms with E-state index >= 15 is 0 Å². The summed E-state index contributed by atoms with van der Waals surface area (Å²) in [4.78, 5) is 21.0. The minimum Gasteiger partial charge on any atom is -0.491 e. The van der Waals surface area contributed by atoms with E-state index < -0.39 is 17.5 Å². The summed E-state index contributed by atoms with van der Waals surface area (Å²) >= 11 is 0. The van der Waals surface area contributed by atoms with Crippen LogP contribution in [0.25, 0.3) is 10.9 Å². The third kappa shape index (κ3) is 6.47. The monoisotopic (exact) mass is 512 g/mol. The van der Waals surface area contributed by atoms with Gasteiger partial charge in [-0.2, -0.15) is 5.10 Å². The predicted octanol–water partition coefficient (Wildman–Crippen LogP) is 4.37. The quantitative estimate of drug-likeness (QED) is 0.253. The van der Waals surface area contributed by atoms with E-state index in [-0.39, 0.29) is 18.2 Å². The summed E-state index contributed by atoms with van der Waals surface area (Å²) in [5.74, 6) is -0.782. The molecule has 0 unspecified atom stereocenters. The first-order valence-electron chi connectivity index (χ1n) is 11.5. The maximum absolute atomic E-state index is 13.8. The number of methoxy groups -OCH3 is 1. The summed E-state index contributed by atoms with van der Waals surface area (Å²) < 4.78 is 44.0. The minimum atomic E-state index is -1.12.